The maximum absolute atomic E-state index is 3.33. The van der Waals surface area contributed by atoms with Crippen molar-refractivity contribution in [2.45, 2.75) is 79.1 Å². The Morgan fingerprint density at radius 3 is 0.671 bits per heavy atom. The molecule has 0 aliphatic heterocycles. The molecule has 408 valence electrons. The Balaban J connectivity index is 0.000000180. The number of benzene rings is 8. The number of halogens is 2. The Labute approximate surface area is 534 Å². The van der Waals surface area contributed by atoms with Crippen molar-refractivity contribution in [2.24, 2.45) is 0 Å². The van der Waals surface area contributed by atoms with Gasteiger partial charge in [-0.25, -0.2) is 0 Å². The van der Waals surface area contributed by atoms with E-state index in [0.29, 0.717) is 0 Å². The van der Waals surface area contributed by atoms with Gasteiger partial charge in [-0.3, -0.25) is 0 Å². The van der Waals surface area contributed by atoms with Gasteiger partial charge in [-0.15, -0.1) is 95.1 Å². The van der Waals surface area contributed by atoms with Gasteiger partial charge in [-0.1, -0.05) is 124 Å². The van der Waals surface area contributed by atoms with Gasteiger partial charge in [-0.2, -0.15) is 70.9 Å². The van der Waals surface area contributed by atoms with Gasteiger partial charge in [-0.05, 0) is 25.7 Å². The molecular formula is C76H72Cl2Hf2Si2-2. The summed E-state index contributed by atoms with van der Waals surface area (Å²) < 4.78 is 0. The Morgan fingerprint density at radius 1 is 0.293 bits per heavy atom. The van der Waals surface area contributed by atoms with Gasteiger partial charge in [0.15, 0.2) is 0 Å². The Morgan fingerprint density at radius 2 is 0.500 bits per heavy atom. The quantitative estimate of drug-likeness (QED) is 0.0845. The van der Waals surface area contributed by atoms with Gasteiger partial charge in [0.2, 0.25) is 0 Å². The molecule has 0 bridgehead atoms. The molecule has 0 nitrogen and oxygen atoms in total. The number of hydrogen-bond donors (Lipinski definition) is 0. The summed E-state index contributed by atoms with van der Waals surface area (Å²) in [7, 11) is 0. The van der Waals surface area contributed by atoms with E-state index in [4.69, 9.17) is 0 Å². The first-order chi connectivity index (χ1) is 39.3. The zero-order chi connectivity index (χ0) is 56.0. The first-order valence-electron chi connectivity index (χ1n) is 28.2. The van der Waals surface area contributed by atoms with Crippen molar-refractivity contribution in [1.29, 1.82) is 0 Å². The summed E-state index contributed by atoms with van der Waals surface area (Å²) in [5.74, 6) is 0. The van der Waals surface area contributed by atoms with E-state index in [-0.39, 0.29) is 24.8 Å². The third-order valence-electron chi connectivity index (χ3n) is 13.6. The first-order valence-corrected chi connectivity index (χ1v) is 42.0. The van der Waals surface area contributed by atoms with Crippen LogP contribution >= 0.6 is 0 Å². The molecule has 82 heavy (non-hydrogen) atoms. The summed E-state index contributed by atoms with van der Waals surface area (Å²) in [6, 6.07) is 78.3. The van der Waals surface area contributed by atoms with Crippen LogP contribution in [-0.4, -0.2) is 11.0 Å². The van der Waals surface area contributed by atoms with Crippen LogP contribution in [-0.2, 0) is 71.7 Å². The molecule has 4 aliphatic carbocycles. The topological polar surface area (TPSA) is 0 Å². The zero-order valence-electron chi connectivity index (χ0n) is 47.8. The van der Waals surface area contributed by atoms with Crippen molar-refractivity contribution in [3.63, 3.8) is 0 Å². The monoisotopic (exact) mass is 1470 g/mol. The van der Waals surface area contributed by atoms with E-state index in [9.17, 15) is 0 Å². The van der Waals surface area contributed by atoms with E-state index in [0.717, 1.165) is 51.4 Å². The van der Waals surface area contributed by atoms with Crippen molar-refractivity contribution < 1.29 is 70.8 Å². The number of hydrogen-bond acceptors (Lipinski definition) is 0. The number of allylic oxidation sites excluding steroid dienone is 16. The van der Waals surface area contributed by atoms with Crippen molar-refractivity contribution >= 4 is 54.0 Å². The molecule has 0 aromatic heterocycles. The third-order valence-corrected chi connectivity index (χ3v) is 29.7. The summed E-state index contributed by atoms with van der Waals surface area (Å²) in [5.41, 5.74) is 14.9. The third kappa shape index (κ3) is 22.2. The van der Waals surface area contributed by atoms with Crippen LogP contribution in [0.2, 0.25) is 0 Å². The van der Waals surface area contributed by atoms with Crippen LogP contribution in [0.15, 0.2) is 267 Å². The second-order valence-electron chi connectivity index (χ2n) is 19.2. The molecular weight excluding hydrogens is 1400 g/mol. The fourth-order valence-corrected chi connectivity index (χ4v) is 19.0. The molecule has 0 N–H and O–H groups in total. The molecule has 0 atom stereocenters. The van der Waals surface area contributed by atoms with Gasteiger partial charge in [0.1, 0.15) is 0 Å². The molecule has 4 aliphatic rings. The van der Waals surface area contributed by atoms with Crippen LogP contribution < -0.4 is 45.6 Å². The molecule has 0 unspecified atom stereocenters. The number of aryl methyl sites for hydroxylation is 4. The fourth-order valence-electron chi connectivity index (χ4n) is 9.00. The average Bonchev–Trinajstić information content (AvgIpc) is 4.45. The van der Waals surface area contributed by atoms with Crippen LogP contribution in [0.3, 0.4) is 0 Å². The molecule has 0 saturated heterocycles. The normalized spacial score (nSPS) is 12.7. The molecule has 0 saturated carbocycles. The Hall–Kier alpha value is -5.57. The second kappa shape index (κ2) is 38.3. The van der Waals surface area contributed by atoms with E-state index in [2.05, 4.69) is 319 Å². The average molecular weight is 1470 g/mol. The van der Waals surface area contributed by atoms with Gasteiger partial charge >= 0.3 is 199 Å². The zero-order valence-corrected chi connectivity index (χ0v) is 58.5. The van der Waals surface area contributed by atoms with E-state index in [1.807, 2.05) is 0 Å². The summed E-state index contributed by atoms with van der Waals surface area (Å²) in [4.78, 5) is 0. The summed E-state index contributed by atoms with van der Waals surface area (Å²) >= 11 is 2.53. The van der Waals surface area contributed by atoms with Crippen molar-refractivity contribution in [3.8, 4) is 0 Å². The minimum absolute atomic E-state index is 0. The SMILES string of the molecule is CCc1cccc(C2=[C-]CC=C2)c1.CCc1cccc(C2=[C-]CC=C2)c1.CCc1cccc(C2=[C-]CC=C2)c1.CCc1cccc(C2=[C-]CC=C2)c1.[Cl-].[Cl-].[Hf+2]=[Si](c1ccccc1)c1ccccc1.[Hf+2]=[Si](c1ccccc1)c1ccccc1. The first kappa shape index (κ1) is 67.2. The predicted molar refractivity (Wildman–Crippen MR) is 341 cm³/mol. The van der Waals surface area contributed by atoms with E-state index < -0.39 is 11.0 Å². The number of rotatable bonds is 12. The van der Waals surface area contributed by atoms with Gasteiger partial charge in [0.25, 0.3) is 0 Å². The van der Waals surface area contributed by atoms with E-state index in [1.54, 1.807) is 0 Å². The fraction of sp³-hybridized carbons (Fsp3) is 0.158. The van der Waals surface area contributed by atoms with Gasteiger partial charge in [0.05, 0.1) is 0 Å². The second-order valence-corrected chi connectivity index (χ2v) is 33.8. The molecule has 0 radical (unpaired) electrons. The summed E-state index contributed by atoms with van der Waals surface area (Å²) in [6.45, 7) is 8.73. The van der Waals surface area contributed by atoms with Crippen LogP contribution in [0.1, 0.15) is 97.9 Å². The molecule has 12 rings (SSSR count). The molecule has 0 fully saturated rings. The van der Waals surface area contributed by atoms with Gasteiger partial charge < -0.3 is 24.8 Å². The minimum atomic E-state index is -0.406. The van der Waals surface area contributed by atoms with Crippen molar-refractivity contribution in [3.05, 3.63) is 336 Å². The van der Waals surface area contributed by atoms with Crippen LogP contribution in [0.25, 0.3) is 22.3 Å². The van der Waals surface area contributed by atoms with Crippen LogP contribution in [0.5, 0.6) is 0 Å². The van der Waals surface area contributed by atoms with E-state index in [1.165, 1.54) is 134 Å². The maximum atomic E-state index is 3.33. The van der Waals surface area contributed by atoms with Crippen molar-refractivity contribution in [2.75, 3.05) is 0 Å². The van der Waals surface area contributed by atoms with Crippen LogP contribution in [0.4, 0.5) is 0 Å². The summed E-state index contributed by atoms with van der Waals surface area (Å²) in [6.07, 6.45) is 38.8. The molecule has 8 aromatic carbocycles. The molecule has 0 heterocycles. The molecule has 0 amide bonds. The van der Waals surface area contributed by atoms with Crippen molar-refractivity contribution in [1.82, 2.24) is 0 Å². The molecule has 0 spiro atoms. The molecule has 6 heteroatoms. The van der Waals surface area contributed by atoms with E-state index >= 15 is 0 Å². The Bertz CT molecular complexity index is 3030. The Kier molecular flexibility index (Phi) is 31.4. The summed E-state index contributed by atoms with van der Waals surface area (Å²) in [5, 5.41) is 6.15. The standard InChI is InChI=1S/4C13H13.2C12H10Si.2ClH.2Hf/c4*1-2-11-6-5-9-13(10-11)12-7-3-4-8-12;2*1-3-7-11(8-4-1)13-12-9-5-2-6-10-12;;;;/h4*3,5-7,9-10H,2,4H2,1H3;2*1-10H;2*1H;;/q4*-1;;;;;2*+2/p-2. The predicted octanol–water partition coefficient (Wildman–Crippen LogP) is 10.3. The van der Waals surface area contributed by atoms with Crippen LogP contribution in [0, 0.1) is 24.3 Å². The van der Waals surface area contributed by atoms with Gasteiger partial charge in [0, 0.05) is 0 Å². The molecule has 8 aromatic rings.